The van der Waals surface area contributed by atoms with Crippen molar-refractivity contribution < 1.29 is 18.7 Å². The van der Waals surface area contributed by atoms with E-state index in [-0.39, 0.29) is 24.6 Å². The number of benzene rings is 2. The molecule has 1 fully saturated rings. The number of hydrogen-bond donors (Lipinski definition) is 1. The van der Waals surface area contributed by atoms with E-state index in [0.29, 0.717) is 31.6 Å². The number of ether oxygens (including phenoxy) is 2. The molecule has 0 spiro atoms. The molecule has 0 atom stereocenters. The van der Waals surface area contributed by atoms with Crippen LogP contribution in [0.1, 0.15) is 18.4 Å². The Balaban J connectivity index is 1.45. The number of halogens is 1. The van der Waals surface area contributed by atoms with Crippen LogP contribution in [0, 0.1) is 5.82 Å². The van der Waals surface area contributed by atoms with Crippen LogP contribution in [0.4, 0.5) is 14.9 Å². The average molecular weight is 344 g/mol. The minimum Gasteiger partial charge on any atom is -0.487 e. The molecule has 6 heteroatoms. The van der Waals surface area contributed by atoms with E-state index in [0.717, 1.165) is 5.56 Å². The summed E-state index contributed by atoms with van der Waals surface area (Å²) in [6, 6.07) is 13.9. The van der Waals surface area contributed by atoms with Crippen LogP contribution in [0.15, 0.2) is 48.5 Å². The van der Waals surface area contributed by atoms with Crippen molar-refractivity contribution in [3.05, 3.63) is 59.9 Å². The maximum Gasteiger partial charge on any atom is 0.410 e. The maximum atomic E-state index is 13.8. The van der Waals surface area contributed by atoms with Crippen LogP contribution < -0.4 is 10.5 Å². The predicted octanol–water partition coefficient (Wildman–Crippen LogP) is 3.59. The van der Waals surface area contributed by atoms with Crippen molar-refractivity contribution >= 4 is 11.8 Å². The number of nitrogens with two attached hydrogens (primary N) is 1. The topological polar surface area (TPSA) is 64.8 Å². The molecule has 0 bridgehead atoms. The monoisotopic (exact) mass is 344 g/mol. The zero-order valence-electron chi connectivity index (χ0n) is 13.9. The highest BCUT2D eigenvalue weighted by molar-refractivity contribution is 5.67. The van der Waals surface area contributed by atoms with Gasteiger partial charge in [-0.05, 0) is 17.7 Å². The first-order chi connectivity index (χ1) is 12.1. The fraction of sp³-hybridized carbons (Fsp3) is 0.316. The van der Waals surface area contributed by atoms with E-state index >= 15 is 0 Å². The lowest BCUT2D eigenvalue weighted by Crippen LogP contribution is -2.42. The molecule has 0 aliphatic carbocycles. The van der Waals surface area contributed by atoms with Gasteiger partial charge in [-0.2, -0.15) is 0 Å². The first-order valence-corrected chi connectivity index (χ1v) is 8.29. The lowest BCUT2D eigenvalue weighted by molar-refractivity contribution is 0.0626. The highest BCUT2D eigenvalue weighted by Crippen LogP contribution is 2.24. The number of rotatable bonds is 4. The second-order valence-corrected chi connectivity index (χ2v) is 6.03. The summed E-state index contributed by atoms with van der Waals surface area (Å²) in [5, 5.41) is 0. The van der Waals surface area contributed by atoms with E-state index in [1.165, 1.54) is 12.1 Å². The molecule has 25 heavy (non-hydrogen) atoms. The molecule has 3 rings (SSSR count). The smallest absolute Gasteiger partial charge is 0.410 e. The third-order valence-electron chi connectivity index (χ3n) is 4.15. The van der Waals surface area contributed by atoms with Crippen LogP contribution in [0.25, 0.3) is 0 Å². The van der Waals surface area contributed by atoms with Gasteiger partial charge in [0.05, 0.1) is 0 Å². The fourth-order valence-corrected chi connectivity index (χ4v) is 2.76. The fourth-order valence-electron chi connectivity index (χ4n) is 2.76. The van der Waals surface area contributed by atoms with Gasteiger partial charge in [0.2, 0.25) is 0 Å². The zero-order chi connectivity index (χ0) is 17.6. The summed E-state index contributed by atoms with van der Waals surface area (Å²) in [6.45, 7) is 1.30. The summed E-state index contributed by atoms with van der Waals surface area (Å²) in [5.41, 5.74) is 6.84. The van der Waals surface area contributed by atoms with Gasteiger partial charge in [-0.3, -0.25) is 0 Å². The van der Waals surface area contributed by atoms with Crippen molar-refractivity contribution in [2.75, 3.05) is 18.8 Å². The highest BCUT2D eigenvalue weighted by atomic mass is 19.1. The van der Waals surface area contributed by atoms with Crippen molar-refractivity contribution in [1.29, 1.82) is 0 Å². The molecule has 0 unspecified atom stereocenters. The molecule has 2 N–H and O–H groups in total. The van der Waals surface area contributed by atoms with Crippen LogP contribution in [-0.4, -0.2) is 30.2 Å². The quantitative estimate of drug-likeness (QED) is 0.861. The van der Waals surface area contributed by atoms with E-state index in [1.54, 1.807) is 11.0 Å². The second kappa shape index (κ2) is 7.88. The van der Waals surface area contributed by atoms with Crippen LogP contribution in [-0.2, 0) is 11.3 Å². The first-order valence-electron chi connectivity index (χ1n) is 8.29. The molecule has 2 aromatic carbocycles. The van der Waals surface area contributed by atoms with E-state index < -0.39 is 5.82 Å². The van der Waals surface area contributed by atoms with Gasteiger partial charge in [0.1, 0.15) is 12.7 Å². The third kappa shape index (κ3) is 4.62. The van der Waals surface area contributed by atoms with Crippen molar-refractivity contribution in [1.82, 2.24) is 4.90 Å². The van der Waals surface area contributed by atoms with E-state index in [2.05, 4.69) is 0 Å². The molecule has 132 valence electrons. The molecule has 1 aliphatic rings. The summed E-state index contributed by atoms with van der Waals surface area (Å²) < 4.78 is 24.8. The Labute approximate surface area is 146 Å². The van der Waals surface area contributed by atoms with Gasteiger partial charge in [0.25, 0.3) is 0 Å². The minimum atomic E-state index is -0.468. The number of nitrogen functional groups attached to an aromatic ring is 1. The number of carbonyl (C=O) groups excluding carboxylic acids is 1. The van der Waals surface area contributed by atoms with Crippen LogP contribution in [0.2, 0.25) is 0 Å². The molecule has 0 aromatic heterocycles. The Morgan fingerprint density at radius 3 is 2.56 bits per heavy atom. The summed E-state index contributed by atoms with van der Waals surface area (Å²) in [7, 11) is 0. The van der Waals surface area contributed by atoms with Crippen molar-refractivity contribution in [2.45, 2.75) is 25.6 Å². The highest BCUT2D eigenvalue weighted by Gasteiger charge is 2.25. The molecule has 1 amide bonds. The van der Waals surface area contributed by atoms with E-state index in [4.69, 9.17) is 15.2 Å². The zero-order valence-corrected chi connectivity index (χ0v) is 13.9. The van der Waals surface area contributed by atoms with Gasteiger partial charge in [0, 0.05) is 37.7 Å². The molecule has 1 aliphatic heterocycles. The SMILES string of the molecule is Nc1ccc(OC2CCN(C(=O)OCc3ccccc3)CC2)c(F)c1. The Morgan fingerprint density at radius 2 is 1.88 bits per heavy atom. The Hall–Kier alpha value is -2.76. The Kier molecular flexibility index (Phi) is 5.38. The predicted molar refractivity (Wildman–Crippen MR) is 92.7 cm³/mol. The number of amides is 1. The average Bonchev–Trinajstić information content (AvgIpc) is 2.63. The third-order valence-corrected chi connectivity index (χ3v) is 4.15. The maximum absolute atomic E-state index is 13.8. The number of piperidine rings is 1. The van der Waals surface area contributed by atoms with Gasteiger partial charge in [-0.25, -0.2) is 9.18 Å². The van der Waals surface area contributed by atoms with Gasteiger partial charge in [-0.15, -0.1) is 0 Å². The number of anilines is 1. The number of likely N-dealkylation sites (tertiary alicyclic amines) is 1. The summed E-state index contributed by atoms with van der Waals surface area (Å²) in [4.78, 5) is 13.8. The molecule has 1 saturated heterocycles. The molecule has 2 aromatic rings. The molecule has 5 nitrogen and oxygen atoms in total. The van der Waals surface area contributed by atoms with Gasteiger partial charge in [0.15, 0.2) is 11.6 Å². The summed E-state index contributed by atoms with van der Waals surface area (Å²) in [6.07, 6.45) is 0.798. The summed E-state index contributed by atoms with van der Waals surface area (Å²) in [5.74, 6) is -0.274. The number of carbonyl (C=O) groups is 1. The first kappa shape index (κ1) is 17.1. The molecule has 0 saturated carbocycles. The molecule has 0 radical (unpaired) electrons. The second-order valence-electron chi connectivity index (χ2n) is 6.03. The normalized spacial score (nSPS) is 15.0. The Bertz CT molecular complexity index is 716. The van der Waals surface area contributed by atoms with Gasteiger partial charge in [-0.1, -0.05) is 30.3 Å². The van der Waals surface area contributed by atoms with Crippen LogP contribution in [0.3, 0.4) is 0 Å². The van der Waals surface area contributed by atoms with Crippen molar-refractivity contribution in [2.24, 2.45) is 0 Å². The molecular weight excluding hydrogens is 323 g/mol. The van der Waals surface area contributed by atoms with Crippen LogP contribution in [0.5, 0.6) is 5.75 Å². The van der Waals surface area contributed by atoms with Crippen molar-refractivity contribution in [3.8, 4) is 5.75 Å². The minimum absolute atomic E-state index is 0.128. The van der Waals surface area contributed by atoms with E-state index in [1.807, 2.05) is 30.3 Å². The largest absolute Gasteiger partial charge is 0.487 e. The summed E-state index contributed by atoms with van der Waals surface area (Å²) >= 11 is 0. The Morgan fingerprint density at radius 1 is 1.16 bits per heavy atom. The van der Waals surface area contributed by atoms with E-state index in [9.17, 15) is 9.18 Å². The standard InChI is InChI=1S/C19H21FN2O3/c20-17-12-15(21)6-7-18(17)25-16-8-10-22(11-9-16)19(23)24-13-14-4-2-1-3-5-14/h1-7,12,16H,8-11,13,21H2. The lowest BCUT2D eigenvalue weighted by Gasteiger charge is -2.31. The number of nitrogens with zero attached hydrogens (tertiary/aromatic N) is 1. The molecule has 1 heterocycles. The van der Waals surface area contributed by atoms with Crippen LogP contribution >= 0.6 is 0 Å². The molecular formula is C19H21FN2O3. The van der Waals surface area contributed by atoms with Crippen molar-refractivity contribution in [3.63, 3.8) is 0 Å². The van der Waals surface area contributed by atoms with Gasteiger partial charge < -0.3 is 20.1 Å². The number of hydrogen-bond acceptors (Lipinski definition) is 4. The van der Waals surface area contributed by atoms with Gasteiger partial charge >= 0.3 is 6.09 Å². The lowest BCUT2D eigenvalue weighted by atomic mass is 10.1.